The highest BCUT2D eigenvalue weighted by Crippen LogP contribution is 2.20. The minimum absolute atomic E-state index is 0.0226. The molecule has 0 bridgehead atoms. The van der Waals surface area contributed by atoms with E-state index in [-0.39, 0.29) is 25.3 Å². The fraction of sp³-hybridized carbons (Fsp3) is 0.400. The lowest BCUT2D eigenvalue weighted by Crippen LogP contribution is -2.31. The first-order chi connectivity index (χ1) is 10.1. The quantitative estimate of drug-likeness (QED) is 0.558. The Labute approximate surface area is 132 Å². The van der Waals surface area contributed by atoms with Crippen LogP contribution in [-0.2, 0) is 14.3 Å². The molecule has 0 aliphatic carbocycles. The van der Waals surface area contributed by atoms with Gasteiger partial charge in [0.1, 0.15) is 6.54 Å². The molecule has 0 unspecified atom stereocenters. The Bertz CT molecular complexity index is 540. The van der Waals surface area contributed by atoms with Crippen LogP contribution in [-0.4, -0.2) is 25.0 Å². The number of nitrogens with zero attached hydrogens (tertiary/aromatic N) is 2. The zero-order valence-corrected chi connectivity index (χ0v) is 13.4. The molecule has 0 N–H and O–H groups in total. The van der Waals surface area contributed by atoms with Crippen LogP contribution in [0.25, 0.3) is 0 Å². The van der Waals surface area contributed by atoms with E-state index >= 15 is 0 Å². The van der Waals surface area contributed by atoms with Crippen molar-refractivity contribution in [2.24, 2.45) is 0 Å². The maximum Gasteiger partial charge on any atom is 0.306 e. The highest BCUT2D eigenvalue weighted by molar-refractivity contribution is 9.10. The Balaban J connectivity index is 2.66. The molecule has 0 saturated heterocycles. The molecule has 0 aliphatic rings. The minimum atomic E-state index is -0.392. The van der Waals surface area contributed by atoms with Gasteiger partial charge in [-0.2, -0.15) is 5.26 Å². The van der Waals surface area contributed by atoms with Crippen LogP contribution < -0.4 is 4.90 Å². The first kappa shape index (κ1) is 17.2. The Kier molecular flexibility index (Phi) is 7.48. The number of halogens is 1. The van der Waals surface area contributed by atoms with Crippen molar-refractivity contribution in [2.45, 2.75) is 26.2 Å². The van der Waals surface area contributed by atoms with Crippen molar-refractivity contribution in [1.29, 1.82) is 5.26 Å². The van der Waals surface area contributed by atoms with Crippen molar-refractivity contribution in [3.8, 4) is 6.07 Å². The van der Waals surface area contributed by atoms with Crippen molar-refractivity contribution in [3.63, 3.8) is 0 Å². The zero-order chi connectivity index (χ0) is 15.7. The van der Waals surface area contributed by atoms with Crippen molar-refractivity contribution in [1.82, 2.24) is 0 Å². The first-order valence-electron chi connectivity index (χ1n) is 6.67. The van der Waals surface area contributed by atoms with Gasteiger partial charge in [-0.05, 0) is 24.6 Å². The van der Waals surface area contributed by atoms with Crippen LogP contribution in [0.1, 0.15) is 26.2 Å². The summed E-state index contributed by atoms with van der Waals surface area (Å²) in [5.41, 5.74) is 0.623. The fourth-order valence-corrected chi connectivity index (χ4v) is 2.06. The van der Waals surface area contributed by atoms with Crippen LogP contribution in [0.2, 0.25) is 0 Å². The highest BCUT2D eigenvalue weighted by Gasteiger charge is 2.17. The van der Waals surface area contributed by atoms with Crippen LogP contribution in [0.3, 0.4) is 0 Å². The van der Waals surface area contributed by atoms with Crippen molar-refractivity contribution >= 4 is 33.5 Å². The fourth-order valence-electron chi connectivity index (χ4n) is 1.67. The van der Waals surface area contributed by atoms with Gasteiger partial charge in [0.2, 0.25) is 5.91 Å². The van der Waals surface area contributed by atoms with Gasteiger partial charge in [0.25, 0.3) is 0 Å². The smallest absolute Gasteiger partial charge is 0.306 e. The Morgan fingerprint density at radius 2 is 2.14 bits per heavy atom. The van der Waals surface area contributed by atoms with E-state index in [0.717, 1.165) is 10.9 Å². The number of carbonyl (C=O) groups is 2. The van der Waals surface area contributed by atoms with Crippen molar-refractivity contribution in [3.05, 3.63) is 28.7 Å². The number of hydrogen-bond acceptors (Lipinski definition) is 4. The van der Waals surface area contributed by atoms with Gasteiger partial charge < -0.3 is 4.74 Å². The van der Waals surface area contributed by atoms with Gasteiger partial charge in [-0.15, -0.1) is 0 Å². The maximum absolute atomic E-state index is 12.2. The maximum atomic E-state index is 12.2. The van der Waals surface area contributed by atoms with Crippen LogP contribution in [0.4, 0.5) is 5.69 Å². The molecule has 0 saturated carbocycles. The number of hydrogen-bond donors (Lipinski definition) is 0. The predicted octanol–water partition coefficient (Wildman–Crippen LogP) is 3.04. The van der Waals surface area contributed by atoms with Crippen LogP contribution in [0.5, 0.6) is 0 Å². The molecule has 0 fully saturated rings. The van der Waals surface area contributed by atoms with Gasteiger partial charge >= 0.3 is 5.97 Å². The SMILES string of the molecule is CCCOC(=O)CCC(=O)N(CC#N)c1cccc(Br)c1. The second-order valence-corrected chi connectivity index (χ2v) is 5.25. The molecule has 21 heavy (non-hydrogen) atoms. The Morgan fingerprint density at radius 3 is 2.76 bits per heavy atom. The topological polar surface area (TPSA) is 70.4 Å². The lowest BCUT2D eigenvalue weighted by molar-refractivity contribution is -0.144. The first-order valence-corrected chi connectivity index (χ1v) is 7.46. The lowest BCUT2D eigenvalue weighted by atomic mass is 10.2. The van der Waals surface area contributed by atoms with Crippen LogP contribution >= 0.6 is 15.9 Å². The molecule has 0 heterocycles. The normalized spacial score (nSPS) is 9.76. The number of anilines is 1. The standard InChI is InChI=1S/C15H17BrN2O3/c1-2-10-21-15(20)7-6-14(19)18(9-8-17)13-5-3-4-12(16)11-13/h3-5,11H,2,6-7,9-10H2,1H3. The summed E-state index contributed by atoms with van der Waals surface area (Å²) in [6.45, 7) is 2.21. The number of nitriles is 1. The van der Waals surface area contributed by atoms with E-state index in [1.165, 1.54) is 4.90 Å². The molecule has 1 aromatic carbocycles. The van der Waals surface area contributed by atoms with E-state index < -0.39 is 5.97 Å². The summed E-state index contributed by atoms with van der Waals surface area (Å²) in [4.78, 5) is 24.9. The van der Waals surface area contributed by atoms with Gasteiger partial charge in [-0.1, -0.05) is 28.9 Å². The third-order valence-electron chi connectivity index (χ3n) is 2.66. The average molecular weight is 353 g/mol. The van der Waals surface area contributed by atoms with Gasteiger partial charge in [-0.3, -0.25) is 14.5 Å². The summed E-state index contributed by atoms with van der Waals surface area (Å²) in [6, 6.07) is 9.08. The number of ether oxygens (including phenoxy) is 1. The van der Waals surface area contributed by atoms with Gasteiger partial charge in [0.15, 0.2) is 0 Å². The third-order valence-corrected chi connectivity index (χ3v) is 3.15. The molecule has 0 radical (unpaired) electrons. The van der Waals surface area contributed by atoms with Gasteiger partial charge in [0, 0.05) is 16.6 Å². The summed E-state index contributed by atoms with van der Waals surface area (Å²) in [6.07, 6.45) is 0.795. The summed E-state index contributed by atoms with van der Waals surface area (Å²) < 4.78 is 5.74. The summed E-state index contributed by atoms with van der Waals surface area (Å²) in [5.74, 6) is -0.667. The predicted molar refractivity (Wildman–Crippen MR) is 82.6 cm³/mol. The van der Waals surface area contributed by atoms with Gasteiger partial charge in [0.05, 0.1) is 19.1 Å². The van der Waals surface area contributed by atoms with E-state index in [1.54, 1.807) is 18.2 Å². The monoisotopic (exact) mass is 352 g/mol. The van der Waals surface area contributed by atoms with Crippen molar-refractivity contribution in [2.75, 3.05) is 18.1 Å². The second kappa shape index (κ2) is 9.14. The number of amides is 1. The molecule has 112 valence electrons. The molecular formula is C15H17BrN2O3. The molecule has 0 aliphatic heterocycles. The lowest BCUT2D eigenvalue weighted by Gasteiger charge is -2.19. The molecule has 1 rings (SSSR count). The van der Waals surface area contributed by atoms with E-state index in [2.05, 4.69) is 15.9 Å². The summed E-state index contributed by atoms with van der Waals surface area (Å²) >= 11 is 3.33. The largest absolute Gasteiger partial charge is 0.466 e. The summed E-state index contributed by atoms with van der Waals surface area (Å²) in [5, 5.41) is 8.86. The molecule has 0 atom stereocenters. The Morgan fingerprint density at radius 1 is 1.38 bits per heavy atom. The second-order valence-electron chi connectivity index (χ2n) is 4.34. The van der Waals surface area contributed by atoms with Crippen LogP contribution in [0.15, 0.2) is 28.7 Å². The van der Waals surface area contributed by atoms with Crippen LogP contribution in [0, 0.1) is 11.3 Å². The third kappa shape index (κ3) is 5.96. The van der Waals surface area contributed by atoms with Crippen molar-refractivity contribution < 1.29 is 14.3 Å². The summed E-state index contributed by atoms with van der Waals surface area (Å²) in [7, 11) is 0. The number of rotatable bonds is 7. The van der Waals surface area contributed by atoms with Gasteiger partial charge in [-0.25, -0.2) is 0 Å². The zero-order valence-electron chi connectivity index (χ0n) is 11.8. The molecule has 0 spiro atoms. The highest BCUT2D eigenvalue weighted by atomic mass is 79.9. The number of carbonyl (C=O) groups excluding carboxylic acids is 2. The number of esters is 1. The van der Waals surface area contributed by atoms with E-state index in [9.17, 15) is 9.59 Å². The molecular weight excluding hydrogens is 336 g/mol. The average Bonchev–Trinajstić information content (AvgIpc) is 2.48. The molecule has 0 aromatic heterocycles. The molecule has 1 amide bonds. The molecule has 5 nitrogen and oxygen atoms in total. The Hall–Kier alpha value is -1.87. The number of benzene rings is 1. The van der Waals surface area contributed by atoms with E-state index in [1.807, 2.05) is 19.1 Å². The molecule has 6 heteroatoms. The van der Waals surface area contributed by atoms with E-state index in [0.29, 0.717) is 12.3 Å². The minimum Gasteiger partial charge on any atom is -0.466 e. The molecule has 1 aromatic rings. The van der Waals surface area contributed by atoms with E-state index in [4.69, 9.17) is 10.00 Å².